The fourth-order valence-corrected chi connectivity index (χ4v) is 4.28. The van der Waals surface area contributed by atoms with Crippen molar-refractivity contribution in [2.45, 2.75) is 37.8 Å². The summed E-state index contributed by atoms with van der Waals surface area (Å²) in [5.74, 6) is 0.534. The maximum atomic E-state index is 12.2. The number of hydrogen-bond donors (Lipinski definition) is 2. The van der Waals surface area contributed by atoms with Crippen LogP contribution in [0.5, 0.6) is 0 Å². The van der Waals surface area contributed by atoms with E-state index in [0.717, 1.165) is 36.9 Å². The minimum absolute atomic E-state index is 0.0204. The molecule has 0 aliphatic heterocycles. The molecule has 3 aromatic rings. The van der Waals surface area contributed by atoms with Crippen LogP contribution in [0.2, 0.25) is 5.02 Å². The van der Waals surface area contributed by atoms with Crippen molar-refractivity contribution >= 4 is 39.4 Å². The maximum Gasteiger partial charge on any atom is 0.255 e. The molecule has 1 aliphatic rings. The van der Waals surface area contributed by atoms with Gasteiger partial charge in [-0.1, -0.05) is 45.7 Å². The molecular formula is C23H23BrClN5O2. The van der Waals surface area contributed by atoms with E-state index in [4.69, 9.17) is 11.6 Å². The van der Waals surface area contributed by atoms with E-state index in [9.17, 15) is 9.59 Å². The molecule has 7 nitrogen and oxygen atoms in total. The van der Waals surface area contributed by atoms with E-state index in [1.807, 2.05) is 30.3 Å². The number of hydrogen-bond acceptors (Lipinski definition) is 5. The van der Waals surface area contributed by atoms with Crippen molar-refractivity contribution in [1.82, 2.24) is 19.9 Å². The Morgan fingerprint density at radius 2 is 1.91 bits per heavy atom. The summed E-state index contributed by atoms with van der Waals surface area (Å²) in [6, 6.07) is 13.0. The highest BCUT2D eigenvalue weighted by molar-refractivity contribution is 9.09. The summed E-state index contributed by atoms with van der Waals surface area (Å²) in [4.78, 5) is 32.8. The Kier molecular flexibility index (Phi) is 7.22. The average Bonchev–Trinajstić information content (AvgIpc) is 2.82. The summed E-state index contributed by atoms with van der Waals surface area (Å²) >= 11 is 9.60. The van der Waals surface area contributed by atoms with Crippen molar-refractivity contribution in [2.75, 3.05) is 10.6 Å². The van der Waals surface area contributed by atoms with Gasteiger partial charge in [0.15, 0.2) is 0 Å². The van der Waals surface area contributed by atoms with Crippen LogP contribution in [0.4, 0.5) is 5.95 Å². The van der Waals surface area contributed by atoms with Crippen LogP contribution >= 0.6 is 27.5 Å². The van der Waals surface area contributed by atoms with Crippen LogP contribution < -0.4 is 16.2 Å². The molecule has 2 heterocycles. The van der Waals surface area contributed by atoms with Crippen LogP contribution in [-0.4, -0.2) is 37.9 Å². The molecule has 2 aromatic heterocycles. The summed E-state index contributed by atoms with van der Waals surface area (Å²) in [6.07, 6.45) is 6.97. The topological polar surface area (TPSA) is 88.9 Å². The van der Waals surface area contributed by atoms with Gasteiger partial charge in [-0.2, -0.15) is 0 Å². The minimum atomic E-state index is -0.108. The first-order valence-corrected chi connectivity index (χ1v) is 12.0. The molecule has 9 heteroatoms. The molecule has 0 spiro atoms. The SMILES string of the molecule is O=C(CBr)NC1CCC(Nc2ncc(Cl)c(-c3cccc(-n4ccccc4=O)c3)n2)CC1. The van der Waals surface area contributed by atoms with Crippen LogP contribution in [0.1, 0.15) is 25.7 Å². The van der Waals surface area contributed by atoms with E-state index in [0.29, 0.717) is 22.0 Å². The predicted molar refractivity (Wildman–Crippen MR) is 130 cm³/mol. The molecule has 0 atom stereocenters. The zero-order valence-electron chi connectivity index (χ0n) is 17.3. The normalized spacial score (nSPS) is 18.2. The Balaban J connectivity index is 1.50. The van der Waals surface area contributed by atoms with Gasteiger partial charge in [0, 0.05) is 35.6 Å². The molecule has 32 heavy (non-hydrogen) atoms. The van der Waals surface area contributed by atoms with Crippen molar-refractivity contribution in [3.63, 3.8) is 0 Å². The number of aromatic nitrogens is 3. The third kappa shape index (κ3) is 5.37. The fourth-order valence-electron chi connectivity index (χ4n) is 3.91. The summed E-state index contributed by atoms with van der Waals surface area (Å²) in [5.41, 5.74) is 2.04. The van der Waals surface area contributed by atoms with Gasteiger partial charge in [0.05, 0.1) is 22.2 Å². The highest BCUT2D eigenvalue weighted by atomic mass is 79.9. The molecule has 1 amide bonds. The van der Waals surface area contributed by atoms with Gasteiger partial charge < -0.3 is 10.6 Å². The first-order chi connectivity index (χ1) is 15.5. The molecule has 1 aliphatic carbocycles. The summed E-state index contributed by atoms with van der Waals surface area (Å²) in [6.45, 7) is 0. The number of alkyl halides is 1. The Bertz CT molecular complexity index is 1160. The zero-order chi connectivity index (χ0) is 22.5. The molecule has 2 N–H and O–H groups in total. The minimum Gasteiger partial charge on any atom is -0.353 e. The number of pyridine rings is 1. The average molecular weight is 517 g/mol. The van der Waals surface area contributed by atoms with E-state index < -0.39 is 0 Å². The molecule has 1 saturated carbocycles. The number of carbonyl (C=O) groups is 1. The highest BCUT2D eigenvalue weighted by Crippen LogP contribution is 2.28. The number of amides is 1. The maximum absolute atomic E-state index is 12.2. The van der Waals surface area contributed by atoms with Crippen LogP contribution in [0, 0.1) is 0 Å². The standard InChI is InChI=1S/C23H23BrClN5O2/c24-13-20(31)27-16-7-9-17(10-8-16)28-23-26-14-19(25)22(29-23)15-4-3-5-18(12-15)30-11-2-1-6-21(30)32/h1-6,11-12,14,16-17H,7-10,13H2,(H,27,31)(H,26,28,29). The largest absolute Gasteiger partial charge is 0.353 e. The molecule has 0 saturated heterocycles. The molecule has 166 valence electrons. The lowest BCUT2D eigenvalue weighted by Crippen LogP contribution is -2.40. The van der Waals surface area contributed by atoms with Gasteiger partial charge in [0.1, 0.15) is 0 Å². The number of halogens is 2. The molecule has 1 fully saturated rings. The van der Waals surface area contributed by atoms with Crippen molar-refractivity contribution in [3.05, 3.63) is 70.2 Å². The van der Waals surface area contributed by atoms with E-state index in [1.165, 1.54) is 6.07 Å². The van der Waals surface area contributed by atoms with E-state index >= 15 is 0 Å². The molecule has 1 aromatic carbocycles. The second kappa shape index (κ2) is 10.3. The first kappa shape index (κ1) is 22.5. The molecule has 0 radical (unpaired) electrons. The molecule has 0 unspecified atom stereocenters. The van der Waals surface area contributed by atoms with Crippen molar-refractivity contribution in [2.24, 2.45) is 0 Å². The molecule has 0 bridgehead atoms. The summed E-state index contributed by atoms with van der Waals surface area (Å²) in [5, 5.41) is 7.20. The lowest BCUT2D eigenvalue weighted by Gasteiger charge is -2.29. The van der Waals surface area contributed by atoms with E-state index in [1.54, 1.807) is 23.0 Å². The van der Waals surface area contributed by atoms with Crippen LogP contribution in [0.15, 0.2) is 59.7 Å². The van der Waals surface area contributed by atoms with Crippen LogP contribution in [0.25, 0.3) is 16.9 Å². The smallest absolute Gasteiger partial charge is 0.255 e. The van der Waals surface area contributed by atoms with Crippen molar-refractivity contribution in [1.29, 1.82) is 0 Å². The van der Waals surface area contributed by atoms with Crippen LogP contribution in [-0.2, 0) is 4.79 Å². The van der Waals surface area contributed by atoms with Crippen molar-refractivity contribution in [3.8, 4) is 16.9 Å². The number of anilines is 1. The Morgan fingerprint density at radius 1 is 1.12 bits per heavy atom. The highest BCUT2D eigenvalue weighted by Gasteiger charge is 2.23. The third-order valence-electron chi connectivity index (χ3n) is 5.51. The Hall–Kier alpha value is -2.71. The fraction of sp³-hybridized carbons (Fsp3) is 0.304. The second-order valence-corrected chi connectivity index (χ2v) is 8.71. The van der Waals surface area contributed by atoms with E-state index in [-0.39, 0.29) is 23.6 Å². The zero-order valence-corrected chi connectivity index (χ0v) is 19.6. The number of rotatable bonds is 6. The lowest BCUT2D eigenvalue weighted by molar-refractivity contribution is -0.119. The molecular weight excluding hydrogens is 494 g/mol. The number of nitrogens with zero attached hydrogens (tertiary/aromatic N) is 3. The second-order valence-electron chi connectivity index (χ2n) is 7.74. The first-order valence-electron chi connectivity index (χ1n) is 10.5. The van der Waals surface area contributed by atoms with Crippen LogP contribution in [0.3, 0.4) is 0 Å². The van der Waals surface area contributed by atoms with Gasteiger partial charge in [0.25, 0.3) is 5.56 Å². The van der Waals surface area contributed by atoms with Gasteiger partial charge in [-0.3, -0.25) is 14.2 Å². The Labute approximate surface area is 199 Å². The van der Waals surface area contributed by atoms with Gasteiger partial charge >= 0.3 is 0 Å². The number of carbonyl (C=O) groups excluding carboxylic acids is 1. The third-order valence-corrected chi connectivity index (χ3v) is 6.30. The van der Waals surface area contributed by atoms with E-state index in [2.05, 4.69) is 36.5 Å². The van der Waals surface area contributed by atoms with Gasteiger partial charge in [-0.15, -0.1) is 0 Å². The monoisotopic (exact) mass is 515 g/mol. The quantitative estimate of drug-likeness (QED) is 0.480. The number of nitrogens with one attached hydrogen (secondary N) is 2. The molecule has 4 rings (SSSR count). The number of benzene rings is 1. The van der Waals surface area contributed by atoms with Gasteiger partial charge in [-0.25, -0.2) is 9.97 Å². The lowest BCUT2D eigenvalue weighted by atomic mass is 9.91. The van der Waals surface area contributed by atoms with Gasteiger partial charge in [0.2, 0.25) is 11.9 Å². The predicted octanol–water partition coefficient (Wildman–Crippen LogP) is 4.18. The van der Waals surface area contributed by atoms with Crippen molar-refractivity contribution < 1.29 is 4.79 Å². The Morgan fingerprint density at radius 3 is 2.66 bits per heavy atom. The summed E-state index contributed by atoms with van der Waals surface area (Å²) in [7, 11) is 0. The van der Waals surface area contributed by atoms with Gasteiger partial charge in [-0.05, 0) is 43.9 Å². The summed E-state index contributed by atoms with van der Waals surface area (Å²) < 4.78 is 1.57.